The smallest absolute Gasteiger partial charge is 0.324 e. The molecule has 0 bridgehead atoms. The molecule has 27 heavy (non-hydrogen) atoms. The van der Waals surface area contributed by atoms with E-state index in [9.17, 15) is 14.4 Å². The number of hydrogen-bond donors (Lipinski definition) is 1. The van der Waals surface area contributed by atoms with Crippen molar-refractivity contribution in [2.24, 2.45) is 0 Å². The van der Waals surface area contributed by atoms with Crippen molar-refractivity contribution in [1.82, 2.24) is 24.7 Å². The highest BCUT2D eigenvalue weighted by Crippen LogP contribution is 2.37. The number of piperidine rings is 1. The highest BCUT2D eigenvalue weighted by Gasteiger charge is 2.51. The molecule has 4 amide bonds. The third-order valence-corrected chi connectivity index (χ3v) is 6.03. The summed E-state index contributed by atoms with van der Waals surface area (Å²) in [7, 11) is 1.49. The van der Waals surface area contributed by atoms with Crippen LogP contribution in [0.5, 0.6) is 0 Å². The second-order valence-electron chi connectivity index (χ2n) is 7.76. The molecule has 0 radical (unpaired) electrons. The van der Waals surface area contributed by atoms with E-state index in [1.54, 1.807) is 4.90 Å². The number of carbonyl (C=O) groups is 3. The van der Waals surface area contributed by atoms with Gasteiger partial charge >= 0.3 is 6.03 Å². The minimum Gasteiger partial charge on any atom is -0.338 e. The molecular weight excluding hydrogens is 346 g/mol. The van der Waals surface area contributed by atoms with Crippen LogP contribution in [0, 0.1) is 0 Å². The summed E-state index contributed by atoms with van der Waals surface area (Å²) in [6.45, 7) is 0.875. The van der Waals surface area contributed by atoms with Crippen molar-refractivity contribution in [1.29, 1.82) is 0 Å². The van der Waals surface area contributed by atoms with Crippen LogP contribution in [-0.4, -0.2) is 62.9 Å². The predicted molar refractivity (Wildman–Crippen MR) is 97.2 cm³/mol. The number of benzene rings is 1. The zero-order valence-electron chi connectivity index (χ0n) is 15.1. The first-order valence-corrected chi connectivity index (χ1v) is 9.35. The minimum absolute atomic E-state index is 0.0575. The third kappa shape index (κ3) is 2.43. The fourth-order valence-corrected chi connectivity index (χ4v) is 4.18. The molecule has 1 aliphatic carbocycles. The van der Waals surface area contributed by atoms with Gasteiger partial charge in [-0.25, -0.2) is 9.78 Å². The molecule has 2 saturated heterocycles. The molecule has 3 heterocycles. The molecule has 0 atom stereocenters. The van der Waals surface area contributed by atoms with Gasteiger partial charge in [0, 0.05) is 31.7 Å². The van der Waals surface area contributed by atoms with Crippen LogP contribution >= 0.6 is 0 Å². The number of carbonyl (C=O) groups excluding carboxylic acids is 3. The van der Waals surface area contributed by atoms with Crippen molar-refractivity contribution in [2.75, 3.05) is 20.1 Å². The molecule has 0 unspecified atom stereocenters. The Bertz CT molecular complexity index is 969. The average Bonchev–Trinajstić information content (AvgIpc) is 3.41. The van der Waals surface area contributed by atoms with E-state index in [-0.39, 0.29) is 17.8 Å². The van der Waals surface area contributed by atoms with Gasteiger partial charge in [-0.05, 0) is 43.9 Å². The Kier molecular flexibility index (Phi) is 3.35. The normalized spacial score (nSPS) is 22.0. The summed E-state index contributed by atoms with van der Waals surface area (Å²) in [4.78, 5) is 44.4. The van der Waals surface area contributed by atoms with Gasteiger partial charge in [0.2, 0.25) is 0 Å². The van der Waals surface area contributed by atoms with Crippen molar-refractivity contribution in [2.45, 2.75) is 37.3 Å². The number of amides is 4. The molecule has 1 aromatic heterocycles. The first-order chi connectivity index (χ1) is 13.0. The van der Waals surface area contributed by atoms with Crippen molar-refractivity contribution in [3.05, 3.63) is 30.1 Å². The summed E-state index contributed by atoms with van der Waals surface area (Å²) in [6.07, 6.45) is 5.10. The van der Waals surface area contributed by atoms with Crippen LogP contribution in [0.25, 0.3) is 11.0 Å². The summed E-state index contributed by atoms with van der Waals surface area (Å²) in [5.74, 6) is -0.260. The molecule has 3 aliphatic rings. The fraction of sp³-hybridized carbons (Fsp3) is 0.474. The van der Waals surface area contributed by atoms with Crippen LogP contribution in [0.1, 0.15) is 42.1 Å². The van der Waals surface area contributed by atoms with Gasteiger partial charge in [0.1, 0.15) is 5.54 Å². The van der Waals surface area contributed by atoms with Crippen LogP contribution in [0.2, 0.25) is 0 Å². The number of nitrogens with one attached hydrogen (secondary N) is 1. The molecule has 1 spiro atoms. The molecule has 1 N–H and O–H groups in total. The molecule has 1 aromatic carbocycles. The number of likely N-dealkylation sites (tertiary alicyclic amines) is 1. The van der Waals surface area contributed by atoms with Gasteiger partial charge in [0.05, 0.1) is 17.4 Å². The Hall–Kier alpha value is -2.90. The van der Waals surface area contributed by atoms with Crippen molar-refractivity contribution in [3.63, 3.8) is 0 Å². The monoisotopic (exact) mass is 367 g/mol. The van der Waals surface area contributed by atoms with E-state index in [0.717, 1.165) is 15.9 Å². The van der Waals surface area contributed by atoms with Crippen LogP contribution in [0.15, 0.2) is 24.5 Å². The van der Waals surface area contributed by atoms with Crippen molar-refractivity contribution in [3.8, 4) is 0 Å². The highest BCUT2D eigenvalue weighted by atomic mass is 16.2. The standard InChI is InChI=1S/C19H21N5O3/c1-22-17(26)19(21-18(22)27)6-8-23(9-7-19)16(25)12-2-5-15-14(10-12)20-11-24(15)13-3-4-13/h2,5,10-11,13H,3-4,6-9H2,1H3,(H,21,27). The Morgan fingerprint density at radius 2 is 1.96 bits per heavy atom. The Labute approximate surface area is 156 Å². The van der Waals surface area contributed by atoms with E-state index in [1.807, 2.05) is 24.5 Å². The van der Waals surface area contributed by atoms with E-state index in [2.05, 4.69) is 14.9 Å². The van der Waals surface area contributed by atoms with E-state index in [4.69, 9.17) is 0 Å². The van der Waals surface area contributed by atoms with Gasteiger partial charge in [0.25, 0.3) is 11.8 Å². The SMILES string of the molecule is CN1C(=O)NC2(CCN(C(=O)c3ccc4c(c3)ncn4C3CC3)CC2)C1=O. The average molecular weight is 367 g/mol. The zero-order valence-corrected chi connectivity index (χ0v) is 15.1. The number of imide groups is 1. The lowest BCUT2D eigenvalue weighted by atomic mass is 9.87. The summed E-state index contributed by atoms with van der Waals surface area (Å²) in [6, 6.07) is 5.85. The van der Waals surface area contributed by atoms with Crippen LogP contribution in [0.3, 0.4) is 0 Å². The van der Waals surface area contributed by atoms with E-state index in [0.29, 0.717) is 37.5 Å². The van der Waals surface area contributed by atoms with E-state index < -0.39 is 5.54 Å². The quantitative estimate of drug-likeness (QED) is 0.816. The fourth-order valence-electron chi connectivity index (χ4n) is 4.18. The molecule has 1 saturated carbocycles. The largest absolute Gasteiger partial charge is 0.338 e. The van der Waals surface area contributed by atoms with Gasteiger partial charge < -0.3 is 14.8 Å². The maximum absolute atomic E-state index is 12.9. The molecular formula is C19H21N5O3. The second-order valence-corrected chi connectivity index (χ2v) is 7.76. The van der Waals surface area contributed by atoms with Crippen molar-refractivity contribution < 1.29 is 14.4 Å². The summed E-state index contributed by atoms with van der Waals surface area (Å²) < 4.78 is 2.18. The lowest BCUT2D eigenvalue weighted by Gasteiger charge is -2.37. The number of aromatic nitrogens is 2. The Morgan fingerprint density at radius 1 is 1.22 bits per heavy atom. The number of rotatable bonds is 2. The summed E-state index contributed by atoms with van der Waals surface area (Å²) in [5.41, 5.74) is 1.66. The number of imidazole rings is 1. The highest BCUT2D eigenvalue weighted by molar-refractivity contribution is 6.07. The van der Waals surface area contributed by atoms with E-state index >= 15 is 0 Å². The van der Waals surface area contributed by atoms with Gasteiger partial charge in [-0.1, -0.05) is 0 Å². The van der Waals surface area contributed by atoms with Gasteiger partial charge in [-0.2, -0.15) is 0 Å². The molecule has 2 aromatic rings. The number of fused-ring (bicyclic) bond motifs is 1. The molecule has 2 aliphatic heterocycles. The zero-order chi connectivity index (χ0) is 18.8. The number of hydrogen-bond acceptors (Lipinski definition) is 4. The predicted octanol–water partition coefficient (Wildman–Crippen LogP) is 1.53. The number of nitrogens with zero attached hydrogens (tertiary/aromatic N) is 4. The molecule has 3 fully saturated rings. The first-order valence-electron chi connectivity index (χ1n) is 9.35. The maximum Gasteiger partial charge on any atom is 0.324 e. The Morgan fingerprint density at radius 3 is 2.59 bits per heavy atom. The second kappa shape index (κ2) is 5.55. The minimum atomic E-state index is -0.852. The molecule has 5 rings (SSSR count). The third-order valence-electron chi connectivity index (χ3n) is 6.03. The summed E-state index contributed by atoms with van der Waals surface area (Å²) in [5, 5.41) is 2.80. The number of likely N-dealkylation sites (N-methyl/N-ethyl adjacent to an activating group) is 1. The van der Waals surface area contributed by atoms with Gasteiger partial charge in [-0.15, -0.1) is 0 Å². The van der Waals surface area contributed by atoms with Crippen molar-refractivity contribution >= 4 is 28.9 Å². The lowest BCUT2D eigenvalue weighted by molar-refractivity contribution is -0.131. The number of urea groups is 1. The first kappa shape index (κ1) is 16.3. The molecule has 140 valence electrons. The van der Waals surface area contributed by atoms with E-state index in [1.165, 1.54) is 19.9 Å². The molecule has 8 heteroatoms. The lowest BCUT2D eigenvalue weighted by Crippen LogP contribution is -2.55. The van der Waals surface area contributed by atoms with Gasteiger partial charge in [0.15, 0.2) is 0 Å². The Balaban J connectivity index is 1.33. The van der Waals surface area contributed by atoms with Gasteiger partial charge in [-0.3, -0.25) is 14.5 Å². The van der Waals surface area contributed by atoms with Crippen LogP contribution < -0.4 is 5.32 Å². The maximum atomic E-state index is 12.9. The van der Waals surface area contributed by atoms with Crippen LogP contribution in [0.4, 0.5) is 4.79 Å². The van der Waals surface area contributed by atoms with Crippen LogP contribution in [-0.2, 0) is 4.79 Å². The summed E-state index contributed by atoms with van der Waals surface area (Å²) >= 11 is 0. The topological polar surface area (TPSA) is 87.5 Å². The molecule has 8 nitrogen and oxygen atoms in total.